The average Bonchev–Trinajstić information content (AvgIpc) is 2.77. The second-order valence-corrected chi connectivity index (χ2v) is 18.5. The molecule has 0 spiro atoms. The first-order valence-corrected chi connectivity index (χ1v) is 17.1. The lowest BCUT2D eigenvalue weighted by Gasteiger charge is -2.28. The van der Waals surface area contributed by atoms with Crippen molar-refractivity contribution in [3.05, 3.63) is 46.5 Å². The molecule has 0 amide bonds. The monoisotopic (exact) mass is 616 g/mol. The van der Waals surface area contributed by atoms with E-state index in [0.29, 0.717) is 35.8 Å². The Bertz CT molecular complexity index is 1180. The van der Waals surface area contributed by atoms with Gasteiger partial charge in [-0.15, -0.1) is 23.5 Å². The van der Waals surface area contributed by atoms with Crippen LogP contribution in [0.5, 0.6) is 11.5 Å². The van der Waals surface area contributed by atoms with Crippen LogP contribution in [0.15, 0.2) is 34.1 Å². The maximum absolute atomic E-state index is 12.9. The highest BCUT2D eigenvalue weighted by molar-refractivity contribution is 7.99. The molecule has 6 heteroatoms. The molecule has 2 aromatic rings. The molecule has 0 radical (unpaired) electrons. The average molecular weight is 617 g/mol. The third-order valence-electron chi connectivity index (χ3n) is 7.54. The number of phenolic OH excluding ortho intramolecular Hbond substituents is 2. The normalized spacial score (nSPS) is 14.6. The lowest BCUT2D eigenvalue weighted by molar-refractivity contribution is -0.123. The molecule has 2 aromatic carbocycles. The molecule has 0 bridgehead atoms. The number of carbonyl (C=O) groups excluding carboxylic acids is 1. The van der Waals surface area contributed by atoms with Crippen LogP contribution in [0, 0.1) is 0 Å². The molecular weight excluding hydrogens is 561 g/mol. The second kappa shape index (κ2) is 13.2. The van der Waals surface area contributed by atoms with Crippen LogP contribution >= 0.6 is 23.5 Å². The van der Waals surface area contributed by atoms with E-state index in [1.807, 2.05) is 12.1 Å². The van der Waals surface area contributed by atoms with Crippen LogP contribution in [0.4, 0.5) is 0 Å². The Morgan fingerprint density at radius 3 is 1.21 bits per heavy atom. The molecule has 0 saturated heterocycles. The number of Topliss-reactive ketones (excluding diaryl/α,β-unsaturated/α-hetero) is 1. The minimum absolute atomic E-state index is 0.0537. The van der Waals surface area contributed by atoms with Crippen molar-refractivity contribution in [2.24, 2.45) is 0 Å². The maximum Gasteiger partial charge on any atom is 0.136 e. The molecule has 4 nitrogen and oxygen atoms in total. The van der Waals surface area contributed by atoms with Gasteiger partial charge in [-0.2, -0.15) is 0 Å². The number of ketones is 1. The van der Waals surface area contributed by atoms with Crippen molar-refractivity contribution < 1.29 is 20.1 Å². The van der Waals surface area contributed by atoms with Gasteiger partial charge in [0.2, 0.25) is 0 Å². The number of carbonyl (C=O) groups is 1. The van der Waals surface area contributed by atoms with Crippen molar-refractivity contribution in [1.29, 1.82) is 0 Å². The fourth-order valence-corrected chi connectivity index (χ4v) is 7.09. The van der Waals surface area contributed by atoms with Gasteiger partial charge in [0.1, 0.15) is 17.3 Å². The molecule has 2 rings (SSSR count). The van der Waals surface area contributed by atoms with Crippen LogP contribution in [0.25, 0.3) is 0 Å². The second-order valence-electron chi connectivity index (χ2n) is 16.1. The van der Waals surface area contributed by atoms with E-state index in [1.165, 1.54) is 0 Å². The summed E-state index contributed by atoms with van der Waals surface area (Å²) in [5, 5.41) is 33.0. The predicted molar refractivity (Wildman–Crippen MR) is 182 cm³/mol. The molecule has 1 unspecified atom stereocenters. The van der Waals surface area contributed by atoms with Crippen LogP contribution in [-0.4, -0.2) is 38.2 Å². The summed E-state index contributed by atoms with van der Waals surface area (Å²) < 4.78 is 0. The van der Waals surface area contributed by atoms with Gasteiger partial charge in [-0.1, -0.05) is 83.1 Å². The maximum atomic E-state index is 12.9. The number of thioether (sulfide) groups is 2. The number of phenols is 2. The van der Waals surface area contributed by atoms with Gasteiger partial charge in [-0.25, -0.2) is 0 Å². The Labute approximate surface area is 264 Å². The standard InChI is InChI=1S/C36H56O4S2/c1-32(2,3)26-18-24(19-27(30(26)38)33(4,5)6)41-16-14-23(37)22-36(13,40)15-17-42-25-20-28(34(7,8)9)31(39)29(21-25)35(10,11)12/h18-21,38-40H,14-17,22H2,1-13H3. The summed E-state index contributed by atoms with van der Waals surface area (Å²) in [6, 6.07) is 8.22. The van der Waals surface area contributed by atoms with E-state index < -0.39 is 5.60 Å². The molecule has 0 fully saturated rings. The lowest BCUT2D eigenvalue weighted by atomic mass is 9.79. The fourth-order valence-electron chi connectivity index (χ4n) is 4.94. The highest BCUT2D eigenvalue weighted by Crippen LogP contribution is 2.43. The first kappa shape index (κ1) is 36.6. The number of rotatable bonds is 10. The minimum atomic E-state index is -1.08. The van der Waals surface area contributed by atoms with E-state index in [0.717, 1.165) is 32.0 Å². The van der Waals surface area contributed by atoms with Crippen LogP contribution in [0.3, 0.4) is 0 Å². The molecule has 0 aliphatic heterocycles. The Morgan fingerprint density at radius 1 is 0.595 bits per heavy atom. The zero-order valence-corrected chi connectivity index (χ0v) is 30.0. The van der Waals surface area contributed by atoms with E-state index in [2.05, 4.69) is 95.2 Å². The Kier molecular flexibility index (Phi) is 11.5. The minimum Gasteiger partial charge on any atom is -0.507 e. The molecule has 0 aliphatic rings. The number of aromatic hydroxyl groups is 2. The first-order valence-electron chi connectivity index (χ1n) is 15.1. The molecule has 0 aliphatic carbocycles. The van der Waals surface area contributed by atoms with Gasteiger partial charge in [-0.3, -0.25) is 4.79 Å². The van der Waals surface area contributed by atoms with Crippen LogP contribution in [-0.2, 0) is 26.5 Å². The van der Waals surface area contributed by atoms with Crippen molar-refractivity contribution in [3.63, 3.8) is 0 Å². The van der Waals surface area contributed by atoms with Crippen LogP contribution in [0.2, 0.25) is 0 Å². The smallest absolute Gasteiger partial charge is 0.136 e. The van der Waals surface area contributed by atoms with E-state index in [9.17, 15) is 20.1 Å². The fraction of sp³-hybridized carbons (Fsp3) is 0.639. The molecule has 3 N–H and O–H groups in total. The van der Waals surface area contributed by atoms with Crippen molar-refractivity contribution in [1.82, 2.24) is 0 Å². The number of aliphatic hydroxyl groups is 1. The molecular formula is C36H56O4S2. The highest BCUT2D eigenvalue weighted by atomic mass is 32.2. The van der Waals surface area contributed by atoms with E-state index in [4.69, 9.17) is 0 Å². The topological polar surface area (TPSA) is 77.8 Å². The quantitative estimate of drug-likeness (QED) is 0.231. The summed E-state index contributed by atoms with van der Waals surface area (Å²) in [4.78, 5) is 15.0. The third kappa shape index (κ3) is 10.2. The summed E-state index contributed by atoms with van der Waals surface area (Å²) in [5.74, 6) is 2.08. The summed E-state index contributed by atoms with van der Waals surface area (Å²) in [6.45, 7) is 27.0. The predicted octanol–water partition coefficient (Wildman–Crippen LogP) is 9.66. The Balaban J connectivity index is 2.03. The van der Waals surface area contributed by atoms with Gasteiger partial charge in [-0.05, 0) is 59.3 Å². The SMILES string of the molecule is CC(O)(CCSc1cc(C(C)(C)C)c(O)c(C(C)(C)C)c1)CC(=O)CCSc1cc(C(C)(C)C)c(O)c(C(C)(C)C)c1. The molecule has 236 valence electrons. The van der Waals surface area contributed by atoms with Gasteiger partial charge in [0.25, 0.3) is 0 Å². The first-order chi connectivity index (χ1) is 18.8. The van der Waals surface area contributed by atoms with Gasteiger partial charge in [0.15, 0.2) is 0 Å². The molecule has 42 heavy (non-hydrogen) atoms. The largest absolute Gasteiger partial charge is 0.507 e. The zero-order valence-electron chi connectivity index (χ0n) is 28.4. The Morgan fingerprint density at radius 2 is 0.905 bits per heavy atom. The lowest BCUT2D eigenvalue weighted by Crippen LogP contribution is -2.28. The van der Waals surface area contributed by atoms with Crippen molar-refractivity contribution in [2.45, 2.75) is 146 Å². The summed E-state index contributed by atoms with van der Waals surface area (Å²) in [7, 11) is 0. The third-order valence-corrected chi connectivity index (χ3v) is 9.49. The van der Waals surface area contributed by atoms with E-state index in [1.54, 1.807) is 30.4 Å². The zero-order chi connectivity index (χ0) is 32.5. The highest BCUT2D eigenvalue weighted by Gasteiger charge is 2.29. The van der Waals surface area contributed by atoms with Crippen LogP contribution < -0.4 is 0 Å². The molecule has 1 atom stereocenters. The molecule has 0 saturated carbocycles. The van der Waals surface area contributed by atoms with E-state index in [-0.39, 0.29) is 33.9 Å². The van der Waals surface area contributed by atoms with Gasteiger partial charge >= 0.3 is 0 Å². The van der Waals surface area contributed by atoms with Crippen LogP contribution in [0.1, 0.15) is 132 Å². The summed E-state index contributed by atoms with van der Waals surface area (Å²) in [5.41, 5.74) is 1.82. The molecule has 0 aromatic heterocycles. The van der Waals surface area contributed by atoms with Crippen molar-refractivity contribution in [2.75, 3.05) is 11.5 Å². The Hall–Kier alpha value is -1.63. The van der Waals surface area contributed by atoms with Gasteiger partial charge < -0.3 is 15.3 Å². The number of hydrogen-bond donors (Lipinski definition) is 3. The van der Waals surface area contributed by atoms with Crippen molar-refractivity contribution in [3.8, 4) is 11.5 Å². The molecule has 0 heterocycles. The number of benzene rings is 2. The van der Waals surface area contributed by atoms with Gasteiger partial charge in [0, 0.05) is 56.4 Å². The van der Waals surface area contributed by atoms with Gasteiger partial charge in [0.05, 0.1) is 5.60 Å². The summed E-state index contributed by atoms with van der Waals surface area (Å²) in [6.07, 6.45) is 1.00. The van der Waals surface area contributed by atoms with E-state index >= 15 is 0 Å². The number of hydrogen-bond acceptors (Lipinski definition) is 6. The van der Waals surface area contributed by atoms with Crippen molar-refractivity contribution >= 4 is 29.3 Å². The summed E-state index contributed by atoms with van der Waals surface area (Å²) >= 11 is 3.29.